The second kappa shape index (κ2) is 4.25. The van der Waals surface area contributed by atoms with E-state index in [0.717, 1.165) is 11.1 Å². The lowest BCUT2D eigenvalue weighted by Gasteiger charge is -2.17. The topological polar surface area (TPSA) is 55.5 Å². The van der Waals surface area contributed by atoms with Crippen LogP contribution in [0.1, 0.15) is 17.2 Å². The number of ether oxygens (including phenoxy) is 1. The zero-order valence-corrected chi connectivity index (χ0v) is 7.95. The molecule has 0 fully saturated rings. The number of aryl methyl sites for hydroxylation is 1. The molecule has 0 spiro atoms. The number of anilines is 1. The predicted molar refractivity (Wildman–Crippen MR) is 52.4 cm³/mol. The van der Waals surface area contributed by atoms with Gasteiger partial charge in [-0.1, -0.05) is 12.1 Å². The Balaban J connectivity index is 3.10. The number of hydrogen-bond acceptors (Lipinski definition) is 3. The van der Waals surface area contributed by atoms with Crippen molar-refractivity contribution < 1.29 is 9.84 Å². The van der Waals surface area contributed by atoms with Gasteiger partial charge in [-0.15, -0.1) is 0 Å². The summed E-state index contributed by atoms with van der Waals surface area (Å²) in [5.74, 6) is 0. The van der Waals surface area contributed by atoms with Crippen LogP contribution in [-0.4, -0.2) is 18.8 Å². The van der Waals surface area contributed by atoms with Crippen molar-refractivity contribution in [3.8, 4) is 0 Å². The first-order chi connectivity index (χ1) is 6.20. The lowest BCUT2D eigenvalue weighted by Crippen LogP contribution is -2.10. The molecule has 1 atom stereocenters. The smallest absolute Gasteiger partial charge is 0.107 e. The van der Waals surface area contributed by atoms with Crippen molar-refractivity contribution in [3.05, 3.63) is 29.3 Å². The molecule has 72 valence electrons. The van der Waals surface area contributed by atoms with Gasteiger partial charge in [-0.05, 0) is 18.6 Å². The summed E-state index contributed by atoms with van der Waals surface area (Å²) in [6.45, 7) is 1.90. The second-order valence-corrected chi connectivity index (χ2v) is 2.98. The molecule has 0 aliphatic carbocycles. The molecule has 3 nitrogen and oxygen atoms in total. The van der Waals surface area contributed by atoms with Crippen molar-refractivity contribution in [3.63, 3.8) is 0 Å². The van der Waals surface area contributed by atoms with E-state index in [0.29, 0.717) is 5.69 Å². The highest BCUT2D eigenvalue weighted by atomic mass is 16.5. The van der Waals surface area contributed by atoms with Crippen LogP contribution in [0, 0.1) is 6.92 Å². The van der Waals surface area contributed by atoms with Crippen molar-refractivity contribution in [1.82, 2.24) is 0 Å². The van der Waals surface area contributed by atoms with Gasteiger partial charge in [-0.2, -0.15) is 0 Å². The van der Waals surface area contributed by atoms with E-state index in [1.807, 2.05) is 25.1 Å². The molecule has 13 heavy (non-hydrogen) atoms. The minimum Gasteiger partial charge on any atom is -0.398 e. The molecule has 0 bridgehead atoms. The Bertz CT molecular complexity index is 262. The number of hydrogen-bond donors (Lipinski definition) is 2. The van der Waals surface area contributed by atoms with Gasteiger partial charge in [-0.3, -0.25) is 0 Å². The number of nitrogens with two attached hydrogens (primary N) is 1. The highest BCUT2D eigenvalue weighted by molar-refractivity contribution is 5.51. The zero-order valence-electron chi connectivity index (χ0n) is 7.95. The molecule has 1 aromatic carbocycles. The molecule has 0 saturated carbocycles. The molecule has 1 aromatic rings. The van der Waals surface area contributed by atoms with Crippen LogP contribution in [-0.2, 0) is 4.74 Å². The third-order valence-corrected chi connectivity index (χ3v) is 2.13. The maximum Gasteiger partial charge on any atom is 0.107 e. The minimum absolute atomic E-state index is 0.0500. The molecule has 1 unspecified atom stereocenters. The summed E-state index contributed by atoms with van der Waals surface area (Å²) < 4.78 is 5.12. The van der Waals surface area contributed by atoms with Gasteiger partial charge < -0.3 is 15.6 Å². The highest BCUT2D eigenvalue weighted by Crippen LogP contribution is 2.25. The Labute approximate surface area is 78.1 Å². The third kappa shape index (κ3) is 1.99. The van der Waals surface area contributed by atoms with E-state index in [4.69, 9.17) is 15.6 Å². The maximum absolute atomic E-state index is 9.05. The van der Waals surface area contributed by atoms with Crippen molar-refractivity contribution >= 4 is 5.69 Å². The first-order valence-corrected chi connectivity index (χ1v) is 4.19. The summed E-state index contributed by atoms with van der Waals surface area (Å²) in [5, 5.41) is 9.05. The van der Waals surface area contributed by atoms with Gasteiger partial charge in [0.05, 0.1) is 6.61 Å². The summed E-state index contributed by atoms with van der Waals surface area (Å²) in [6, 6.07) is 5.65. The first-order valence-electron chi connectivity index (χ1n) is 4.19. The van der Waals surface area contributed by atoms with Gasteiger partial charge in [0.2, 0.25) is 0 Å². The van der Waals surface area contributed by atoms with Crippen LogP contribution in [0.15, 0.2) is 18.2 Å². The monoisotopic (exact) mass is 181 g/mol. The Hall–Kier alpha value is -1.06. The number of methoxy groups -OCH3 is 1. The lowest BCUT2D eigenvalue weighted by molar-refractivity contribution is 0.0485. The molecule has 3 heteroatoms. The Morgan fingerprint density at radius 3 is 2.69 bits per heavy atom. The third-order valence-electron chi connectivity index (χ3n) is 2.13. The Morgan fingerprint density at radius 1 is 1.54 bits per heavy atom. The van der Waals surface area contributed by atoms with Gasteiger partial charge in [0.1, 0.15) is 6.10 Å². The molecule has 0 saturated heterocycles. The van der Waals surface area contributed by atoms with Gasteiger partial charge in [0.25, 0.3) is 0 Å². The lowest BCUT2D eigenvalue weighted by atomic mass is 10.0. The van der Waals surface area contributed by atoms with Crippen LogP contribution in [0.3, 0.4) is 0 Å². The van der Waals surface area contributed by atoms with Crippen molar-refractivity contribution in [2.45, 2.75) is 13.0 Å². The van der Waals surface area contributed by atoms with E-state index < -0.39 is 0 Å². The maximum atomic E-state index is 9.05. The summed E-state index contributed by atoms with van der Waals surface area (Å²) in [6.07, 6.45) is -0.318. The van der Waals surface area contributed by atoms with Gasteiger partial charge in [0, 0.05) is 18.4 Å². The average Bonchev–Trinajstić information content (AvgIpc) is 2.11. The van der Waals surface area contributed by atoms with Crippen LogP contribution in [0.4, 0.5) is 5.69 Å². The molecule has 0 radical (unpaired) electrons. The molecule has 0 aromatic heterocycles. The van der Waals surface area contributed by atoms with Crippen molar-refractivity contribution in [2.24, 2.45) is 0 Å². The van der Waals surface area contributed by atoms with Gasteiger partial charge in [0.15, 0.2) is 0 Å². The van der Waals surface area contributed by atoms with Crippen LogP contribution >= 0.6 is 0 Å². The molecular weight excluding hydrogens is 166 g/mol. The quantitative estimate of drug-likeness (QED) is 0.690. The SMILES string of the molecule is COC(CO)c1c(C)cccc1N. The normalized spacial score (nSPS) is 12.8. The number of rotatable bonds is 3. The summed E-state index contributed by atoms with van der Waals surface area (Å²) in [4.78, 5) is 0. The summed E-state index contributed by atoms with van der Waals surface area (Å²) in [5.41, 5.74) is 8.37. The summed E-state index contributed by atoms with van der Waals surface area (Å²) in [7, 11) is 1.56. The van der Waals surface area contributed by atoms with Crippen molar-refractivity contribution in [2.75, 3.05) is 19.5 Å². The number of aliphatic hydroxyl groups excluding tert-OH is 1. The second-order valence-electron chi connectivity index (χ2n) is 2.98. The van der Waals surface area contributed by atoms with E-state index >= 15 is 0 Å². The zero-order chi connectivity index (χ0) is 9.84. The molecule has 0 heterocycles. The number of benzene rings is 1. The van der Waals surface area contributed by atoms with E-state index in [2.05, 4.69) is 0 Å². The molecule has 0 aliphatic heterocycles. The van der Waals surface area contributed by atoms with E-state index in [-0.39, 0.29) is 12.7 Å². The fourth-order valence-corrected chi connectivity index (χ4v) is 1.43. The number of nitrogen functional groups attached to an aromatic ring is 1. The first kappa shape index (κ1) is 10.0. The van der Waals surface area contributed by atoms with Crippen LogP contribution in [0.5, 0.6) is 0 Å². The average molecular weight is 181 g/mol. The molecule has 0 aliphatic rings. The predicted octanol–water partition coefficient (Wildman–Crippen LogP) is 1.26. The molecule has 3 N–H and O–H groups in total. The Kier molecular flexibility index (Phi) is 3.28. The molecule has 1 rings (SSSR count). The van der Waals surface area contributed by atoms with E-state index in [1.165, 1.54) is 0 Å². The Morgan fingerprint density at radius 2 is 2.23 bits per heavy atom. The minimum atomic E-state index is -0.318. The van der Waals surface area contributed by atoms with E-state index in [9.17, 15) is 0 Å². The highest BCUT2D eigenvalue weighted by Gasteiger charge is 2.14. The van der Waals surface area contributed by atoms with E-state index in [1.54, 1.807) is 7.11 Å². The van der Waals surface area contributed by atoms with Gasteiger partial charge in [-0.25, -0.2) is 0 Å². The van der Waals surface area contributed by atoms with Crippen molar-refractivity contribution in [1.29, 1.82) is 0 Å². The molecule has 0 amide bonds. The fourth-order valence-electron chi connectivity index (χ4n) is 1.43. The summed E-state index contributed by atoms with van der Waals surface area (Å²) >= 11 is 0. The van der Waals surface area contributed by atoms with Crippen LogP contribution in [0.25, 0.3) is 0 Å². The largest absolute Gasteiger partial charge is 0.398 e. The van der Waals surface area contributed by atoms with Crippen LogP contribution in [0.2, 0.25) is 0 Å². The number of aliphatic hydroxyl groups is 1. The fraction of sp³-hybridized carbons (Fsp3) is 0.400. The molecular formula is C10H15NO2. The standard InChI is InChI=1S/C10H15NO2/c1-7-4-3-5-8(11)10(7)9(6-12)13-2/h3-5,9,12H,6,11H2,1-2H3. The van der Waals surface area contributed by atoms with Gasteiger partial charge >= 0.3 is 0 Å². The van der Waals surface area contributed by atoms with Crippen LogP contribution < -0.4 is 5.73 Å².